The Hall–Kier alpha value is -1.35. The molecule has 2 rings (SSSR count). The lowest BCUT2D eigenvalue weighted by atomic mass is 10.1. The zero-order chi connectivity index (χ0) is 12.4. The largest absolute Gasteiger partial charge is 0.464 e. The van der Waals surface area contributed by atoms with Gasteiger partial charge < -0.3 is 9.73 Å². The molecule has 0 saturated carbocycles. The molecule has 1 N–H and O–H groups in total. The molecule has 0 amide bonds. The van der Waals surface area contributed by atoms with Gasteiger partial charge in [0.1, 0.15) is 11.4 Å². The molecule has 0 atom stereocenters. The highest BCUT2D eigenvalue weighted by molar-refractivity contribution is 5.83. The average molecular weight is 235 g/mol. The predicted octanol–water partition coefficient (Wildman–Crippen LogP) is 3.63. The Kier molecular flexibility index (Phi) is 3.48. The molecule has 17 heavy (non-hydrogen) atoms. The Labute approximate surface area is 101 Å². The number of hydrogen-bond donors (Lipinski definition) is 1. The zero-order valence-corrected chi connectivity index (χ0v) is 10.5. The summed E-state index contributed by atoms with van der Waals surface area (Å²) in [5, 5.41) is 4.21. The summed E-state index contributed by atoms with van der Waals surface area (Å²) in [7, 11) is 0. The molecule has 0 fully saturated rings. The van der Waals surface area contributed by atoms with Crippen LogP contribution in [-0.2, 0) is 6.54 Å². The van der Waals surface area contributed by atoms with Crippen LogP contribution < -0.4 is 5.32 Å². The first-order valence-corrected chi connectivity index (χ1v) is 5.95. The van der Waals surface area contributed by atoms with E-state index in [-0.39, 0.29) is 5.82 Å². The number of hydrogen-bond acceptors (Lipinski definition) is 2. The number of rotatable bonds is 4. The molecule has 1 aromatic heterocycles. The van der Waals surface area contributed by atoms with Crippen molar-refractivity contribution in [2.45, 2.75) is 27.3 Å². The molecule has 0 saturated heterocycles. The maximum atomic E-state index is 13.3. The second-order valence-corrected chi connectivity index (χ2v) is 4.89. The highest BCUT2D eigenvalue weighted by Crippen LogP contribution is 2.25. The summed E-state index contributed by atoms with van der Waals surface area (Å²) >= 11 is 0. The van der Waals surface area contributed by atoms with Gasteiger partial charge in [0.25, 0.3) is 0 Å². The quantitative estimate of drug-likeness (QED) is 0.875. The highest BCUT2D eigenvalue weighted by Gasteiger charge is 2.09. The van der Waals surface area contributed by atoms with Gasteiger partial charge in [-0.05, 0) is 37.1 Å². The van der Waals surface area contributed by atoms with E-state index in [9.17, 15) is 4.39 Å². The van der Waals surface area contributed by atoms with E-state index in [1.54, 1.807) is 6.26 Å². The Bertz CT molecular complexity index is 516. The van der Waals surface area contributed by atoms with E-state index in [4.69, 9.17) is 4.42 Å². The van der Waals surface area contributed by atoms with Crippen LogP contribution in [-0.4, -0.2) is 6.54 Å². The molecule has 0 spiro atoms. The fourth-order valence-corrected chi connectivity index (χ4v) is 1.95. The predicted molar refractivity (Wildman–Crippen MR) is 67.5 cm³/mol. The zero-order valence-electron chi connectivity index (χ0n) is 10.5. The van der Waals surface area contributed by atoms with Crippen molar-refractivity contribution in [1.29, 1.82) is 0 Å². The minimum atomic E-state index is -0.207. The van der Waals surface area contributed by atoms with Gasteiger partial charge in [-0.1, -0.05) is 13.8 Å². The van der Waals surface area contributed by atoms with Crippen LogP contribution in [0, 0.1) is 18.7 Å². The van der Waals surface area contributed by atoms with Crippen molar-refractivity contribution in [2.75, 3.05) is 6.54 Å². The number of aryl methyl sites for hydroxylation is 1. The van der Waals surface area contributed by atoms with E-state index in [1.165, 1.54) is 12.1 Å². The number of halogens is 1. The summed E-state index contributed by atoms with van der Waals surface area (Å²) in [6.45, 7) is 7.84. The molecular formula is C14H18FNO. The Morgan fingerprint density at radius 2 is 2.12 bits per heavy atom. The summed E-state index contributed by atoms with van der Waals surface area (Å²) in [6.07, 6.45) is 1.71. The van der Waals surface area contributed by atoms with Crippen LogP contribution in [0.25, 0.3) is 11.0 Å². The van der Waals surface area contributed by atoms with E-state index in [1.807, 2.05) is 6.92 Å². The van der Waals surface area contributed by atoms with Gasteiger partial charge in [0.05, 0.1) is 6.26 Å². The van der Waals surface area contributed by atoms with Crippen molar-refractivity contribution < 1.29 is 8.81 Å². The third-order valence-corrected chi connectivity index (χ3v) is 2.77. The maximum Gasteiger partial charge on any atom is 0.137 e. The van der Waals surface area contributed by atoms with Crippen molar-refractivity contribution in [2.24, 2.45) is 5.92 Å². The Morgan fingerprint density at radius 1 is 1.35 bits per heavy atom. The van der Waals surface area contributed by atoms with E-state index in [0.29, 0.717) is 12.5 Å². The van der Waals surface area contributed by atoms with Crippen molar-refractivity contribution in [3.05, 3.63) is 35.3 Å². The first-order valence-electron chi connectivity index (χ1n) is 5.95. The summed E-state index contributed by atoms with van der Waals surface area (Å²) < 4.78 is 18.8. The van der Waals surface area contributed by atoms with Crippen LogP contribution in [0.15, 0.2) is 22.8 Å². The molecule has 2 aromatic rings. The van der Waals surface area contributed by atoms with Crippen molar-refractivity contribution in [1.82, 2.24) is 5.32 Å². The van der Waals surface area contributed by atoms with Gasteiger partial charge in [-0.25, -0.2) is 4.39 Å². The molecule has 2 nitrogen and oxygen atoms in total. The second kappa shape index (κ2) is 4.88. The minimum absolute atomic E-state index is 0.207. The first kappa shape index (κ1) is 12.1. The fraction of sp³-hybridized carbons (Fsp3) is 0.429. The minimum Gasteiger partial charge on any atom is -0.464 e. The van der Waals surface area contributed by atoms with Gasteiger partial charge in [0, 0.05) is 17.5 Å². The van der Waals surface area contributed by atoms with Crippen molar-refractivity contribution >= 4 is 11.0 Å². The Morgan fingerprint density at radius 3 is 2.82 bits per heavy atom. The molecule has 0 aliphatic rings. The van der Waals surface area contributed by atoms with Crippen LogP contribution in [0.2, 0.25) is 0 Å². The number of benzene rings is 1. The van der Waals surface area contributed by atoms with Crippen molar-refractivity contribution in [3.63, 3.8) is 0 Å². The average Bonchev–Trinajstić information content (AvgIpc) is 2.61. The fourth-order valence-electron chi connectivity index (χ4n) is 1.95. The van der Waals surface area contributed by atoms with Crippen LogP contribution in [0.4, 0.5) is 4.39 Å². The molecule has 0 aliphatic heterocycles. The highest BCUT2D eigenvalue weighted by atomic mass is 19.1. The maximum absolute atomic E-state index is 13.3. The third kappa shape index (κ3) is 2.67. The number of nitrogens with one attached hydrogen (secondary N) is 1. The van der Waals surface area contributed by atoms with E-state index in [0.717, 1.165) is 28.6 Å². The lowest BCUT2D eigenvalue weighted by Crippen LogP contribution is -2.18. The van der Waals surface area contributed by atoms with Gasteiger partial charge in [-0.3, -0.25) is 0 Å². The number of furan rings is 1. The molecule has 1 heterocycles. The van der Waals surface area contributed by atoms with Gasteiger partial charge in [-0.2, -0.15) is 0 Å². The standard InChI is InChI=1S/C14H18FNO/c1-9(2)6-16-7-11-8-17-14-10(3)4-12(15)5-13(11)14/h4-5,8-9,16H,6-7H2,1-3H3. The van der Waals surface area contributed by atoms with E-state index in [2.05, 4.69) is 19.2 Å². The third-order valence-electron chi connectivity index (χ3n) is 2.77. The van der Waals surface area contributed by atoms with E-state index < -0.39 is 0 Å². The van der Waals surface area contributed by atoms with Crippen LogP contribution in [0.1, 0.15) is 25.0 Å². The van der Waals surface area contributed by atoms with Gasteiger partial charge >= 0.3 is 0 Å². The molecule has 3 heteroatoms. The lowest BCUT2D eigenvalue weighted by molar-refractivity contribution is 0.546. The van der Waals surface area contributed by atoms with Gasteiger partial charge in [-0.15, -0.1) is 0 Å². The van der Waals surface area contributed by atoms with Crippen LogP contribution in [0.5, 0.6) is 0 Å². The summed E-state index contributed by atoms with van der Waals surface area (Å²) in [6, 6.07) is 3.04. The molecule has 0 aliphatic carbocycles. The SMILES string of the molecule is Cc1cc(F)cc2c(CNCC(C)C)coc12. The monoisotopic (exact) mass is 235 g/mol. The molecule has 0 radical (unpaired) electrons. The lowest BCUT2D eigenvalue weighted by Gasteiger charge is -2.06. The Balaban J connectivity index is 2.23. The van der Waals surface area contributed by atoms with E-state index >= 15 is 0 Å². The summed E-state index contributed by atoms with van der Waals surface area (Å²) in [5.74, 6) is 0.396. The molecule has 1 aromatic carbocycles. The smallest absolute Gasteiger partial charge is 0.137 e. The first-order chi connectivity index (χ1) is 8.08. The number of fused-ring (bicyclic) bond motifs is 1. The van der Waals surface area contributed by atoms with Gasteiger partial charge in [0.15, 0.2) is 0 Å². The molecular weight excluding hydrogens is 217 g/mol. The summed E-state index contributed by atoms with van der Waals surface area (Å²) in [5.41, 5.74) is 2.64. The molecule has 0 bridgehead atoms. The summed E-state index contributed by atoms with van der Waals surface area (Å²) in [4.78, 5) is 0. The van der Waals surface area contributed by atoms with Crippen molar-refractivity contribution in [3.8, 4) is 0 Å². The molecule has 92 valence electrons. The van der Waals surface area contributed by atoms with Crippen LogP contribution in [0.3, 0.4) is 0 Å². The topological polar surface area (TPSA) is 25.2 Å². The second-order valence-electron chi connectivity index (χ2n) is 4.89. The molecule has 0 unspecified atom stereocenters. The van der Waals surface area contributed by atoms with Gasteiger partial charge in [0.2, 0.25) is 0 Å². The normalized spacial score (nSPS) is 11.6. The van der Waals surface area contributed by atoms with Crippen LogP contribution >= 0.6 is 0 Å².